The average Bonchev–Trinajstić information content (AvgIpc) is 2.26. The van der Waals surface area contributed by atoms with Crippen LogP contribution in [0.25, 0.3) is 0 Å². The van der Waals surface area contributed by atoms with Gasteiger partial charge in [0.1, 0.15) is 6.61 Å². The zero-order chi connectivity index (χ0) is 12.1. The van der Waals surface area contributed by atoms with Gasteiger partial charge in [-0.3, -0.25) is 0 Å². The number of aryl methyl sites for hydroxylation is 1. The van der Waals surface area contributed by atoms with Gasteiger partial charge in [0.2, 0.25) is 0 Å². The monoisotopic (exact) mass is 226 g/mol. The SMILES string of the molecule is COc1cc(C(=O)O)cc(C)c1OCCO. The van der Waals surface area contributed by atoms with E-state index in [1.165, 1.54) is 19.2 Å². The van der Waals surface area contributed by atoms with Crippen molar-refractivity contribution in [2.24, 2.45) is 0 Å². The highest BCUT2D eigenvalue weighted by Gasteiger charge is 2.13. The van der Waals surface area contributed by atoms with E-state index in [0.29, 0.717) is 17.1 Å². The summed E-state index contributed by atoms with van der Waals surface area (Å²) in [5.74, 6) is -0.206. The molecule has 0 aliphatic rings. The molecule has 0 amide bonds. The molecule has 16 heavy (non-hydrogen) atoms. The van der Waals surface area contributed by atoms with E-state index in [-0.39, 0.29) is 18.8 Å². The first-order chi connectivity index (χ1) is 7.60. The number of ether oxygens (including phenoxy) is 2. The second-order valence-corrected chi connectivity index (χ2v) is 3.20. The maximum atomic E-state index is 10.8. The second kappa shape index (κ2) is 5.37. The lowest BCUT2D eigenvalue weighted by Gasteiger charge is -2.13. The summed E-state index contributed by atoms with van der Waals surface area (Å²) < 4.78 is 10.3. The number of rotatable bonds is 5. The molecule has 0 bridgehead atoms. The van der Waals surface area contributed by atoms with Gasteiger partial charge >= 0.3 is 5.97 Å². The largest absolute Gasteiger partial charge is 0.493 e. The van der Waals surface area contributed by atoms with E-state index in [2.05, 4.69) is 0 Å². The van der Waals surface area contributed by atoms with Crippen LogP contribution in [0.3, 0.4) is 0 Å². The number of aliphatic hydroxyl groups excluding tert-OH is 1. The summed E-state index contributed by atoms with van der Waals surface area (Å²) >= 11 is 0. The lowest BCUT2D eigenvalue weighted by Crippen LogP contribution is -2.06. The highest BCUT2D eigenvalue weighted by Crippen LogP contribution is 2.32. The molecule has 0 unspecified atom stereocenters. The molecule has 0 aliphatic carbocycles. The van der Waals surface area contributed by atoms with Crippen LogP contribution in [0.15, 0.2) is 12.1 Å². The second-order valence-electron chi connectivity index (χ2n) is 3.20. The molecule has 0 spiro atoms. The van der Waals surface area contributed by atoms with Crippen molar-refractivity contribution in [1.29, 1.82) is 0 Å². The predicted molar refractivity (Wildman–Crippen MR) is 57.3 cm³/mol. The van der Waals surface area contributed by atoms with Gasteiger partial charge in [0.05, 0.1) is 19.3 Å². The minimum atomic E-state index is -1.02. The molecular formula is C11H14O5. The predicted octanol–water partition coefficient (Wildman–Crippen LogP) is 1.07. The van der Waals surface area contributed by atoms with Gasteiger partial charge in [0, 0.05) is 0 Å². The van der Waals surface area contributed by atoms with Crippen LogP contribution >= 0.6 is 0 Å². The van der Waals surface area contributed by atoms with Crippen molar-refractivity contribution < 1.29 is 24.5 Å². The van der Waals surface area contributed by atoms with Crippen molar-refractivity contribution in [2.75, 3.05) is 20.3 Å². The normalized spacial score (nSPS) is 9.94. The molecule has 0 radical (unpaired) electrons. The van der Waals surface area contributed by atoms with Crippen LogP contribution in [0, 0.1) is 6.92 Å². The number of hydrogen-bond acceptors (Lipinski definition) is 4. The van der Waals surface area contributed by atoms with Crippen LogP contribution in [-0.2, 0) is 0 Å². The van der Waals surface area contributed by atoms with Gasteiger partial charge in [-0.2, -0.15) is 0 Å². The number of carboxylic acids is 1. The molecule has 0 saturated heterocycles. The van der Waals surface area contributed by atoms with Crippen molar-refractivity contribution in [2.45, 2.75) is 6.92 Å². The highest BCUT2D eigenvalue weighted by molar-refractivity contribution is 5.89. The van der Waals surface area contributed by atoms with Crippen LogP contribution in [0.1, 0.15) is 15.9 Å². The third kappa shape index (κ3) is 2.64. The van der Waals surface area contributed by atoms with E-state index in [9.17, 15) is 4.79 Å². The molecule has 0 aromatic heterocycles. The Morgan fingerprint density at radius 1 is 1.44 bits per heavy atom. The van der Waals surface area contributed by atoms with Crippen LogP contribution in [0.2, 0.25) is 0 Å². The smallest absolute Gasteiger partial charge is 0.335 e. The molecule has 1 aromatic carbocycles. The van der Waals surface area contributed by atoms with Crippen molar-refractivity contribution in [3.05, 3.63) is 23.3 Å². The Balaban J connectivity index is 3.12. The number of carbonyl (C=O) groups is 1. The molecule has 5 nitrogen and oxygen atoms in total. The molecule has 2 N–H and O–H groups in total. The van der Waals surface area contributed by atoms with Gasteiger partial charge in [-0.15, -0.1) is 0 Å². The third-order valence-corrected chi connectivity index (χ3v) is 2.05. The third-order valence-electron chi connectivity index (χ3n) is 2.05. The quantitative estimate of drug-likeness (QED) is 0.785. The summed E-state index contributed by atoms with van der Waals surface area (Å²) in [7, 11) is 1.44. The van der Waals surface area contributed by atoms with Crippen LogP contribution in [-0.4, -0.2) is 36.5 Å². The summed E-state index contributed by atoms with van der Waals surface area (Å²) in [5, 5.41) is 17.5. The number of hydrogen-bond donors (Lipinski definition) is 2. The van der Waals surface area contributed by atoms with Gasteiger partial charge < -0.3 is 19.7 Å². The Kier molecular flexibility index (Phi) is 4.13. The van der Waals surface area contributed by atoms with Gasteiger partial charge in [-0.05, 0) is 24.6 Å². The summed E-state index contributed by atoms with van der Waals surface area (Å²) in [6.07, 6.45) is 0. The molecule has 88 valence electrons. The van der Waals surface area contributed by atoms with Gasteiger partial charge in [0.25, 0.3) is 0 Å². The van der Waals surface area contributed by atoms with Crippen LogP contribution in [0.5, 0.6) is 11.5 Å². The maximum Gasteiger partial charge on any atom is 0.335 e. The first-order valence-electron chi connectivity index (χ1n) is 4.75. The van der Waals surface area contributed by atoms with Crippen LogP contribution < -0.4 is 9.47 Å². The van der Waals surface area contributed by atoms with Gasteiger partial charge in [-0.1, -0.05) is 0 Å². The van der Waals surface area contributed by atoms with E-state index >= 15 is 0 Å². The minimum Gasteiger partial charge on any atom is -0.493 e. The lowest BCUT2D eigenvalue weighted by molar-refractivity contribution is 0.0696. The maximum absolute atomic E-state index is 10.8. The molecular weight excluding hydrogens is 212 g/mol. The molecule has 1 aromatic rings. The molecule has 0 saturated carbocycles. The van der Waals surface area contributed by atoms with E-state index in [1.807, 2.05) is 0 Å². The van der Waals surface area contributed by atoms with Crippen molar-refractivity contribution in [3.63, 3.8) is 0 Å². The fraction of sp³-hybridized carbons (Fsp3) is 0.364. The number of carboxylic acid groups (broad SMARTS) is 1. The van der Waals surface area contributed by atoms with E-state index in [1.54, 1.807) is 6.92 Å². The number of benzene rings is 1. The number of methoxy groups -OCH3 is 1. The van der Waals surface area contributed by atoms with E-state index < -0.39 is 5.97 Å². The fourth-order valence-electron chi connectivity index (χ4n) is 1.35. The topological polar surface area (TPSA) is 76.0 Å². The van der Waals surface area contributed by atoms with Crippen molar-refractivity contribution in [3.8, 4) is 11.5 Å². The Hall–Kier alpha value is -1.75. The molecule has 0 heterocycles. The van der Waals surface area contributed by atoms with Crippen LogP contribution in [0.4, 0.5) is 0 Å². The standard InChI is InChI=1S/C11H14O5/c1-7-5-8(11(13)14)6-9(15-2)10(7)16-4-3-12/h5-6,12H,3-4H2,1-2H3,(H,13,14). The molecule has 0 fully saturated rings. The summed E-state index contributed by atoms with van der Waals surface area (Å²) in [5.41, 5.74) is 0.802. The Bertz CT molecular complexity index is 386. The Morgan fingerprint density at radius 3 is 2.62 bits per heavy atom. The molecule has 5 heteroatoms. The van der Waals surface area contributed by atoms with Crippen molar-refractivity contribution in [1.82, 2.24) is 0 Å². The average molecular weight is 226 g/mol. The molecule has 1 rings (SSSR count). The first kappa shape index (κ1) is 12.3. The fourth-order valence-corrected chi connectivity index (χ4v) is 1.35. The van der Waals surface area contributed by atoms with Crippen molar-refractivity contribution >= 4 is 5.97 Å². The molecule has 0 aliphatic heterocycles. The molecule has 0 atom stereocenters. The Morgan fingerprint density at radius 2 is 2.12 bits per heavy atom. The number of aromatic carboxylic acids is 1. The summed E-state index contributed by atoms with van der Waals surface area (Å²) in [4.78, 5) is 10.8. The summed E-state index contributed by atoms with van der Waals surface area (Å²) in [6, 6.07) is 2.89. The number of aliphatic hydroxyl groups is 1. The zero-order valence-corrected chi connectivity index (χ0v) is 9.19. The lowest BCUT2D eigenvalue weighted by atomic mass is 10.1. The van der Waals surface area contributed by atoms with Gasteiger partial charge in [0.15, 0.2) is 11.5 Å². The Labute approximate surface area is 93.2 Å². The summed E-state index contributed by atoms with van der Waals surface area (Å²) in [6.45, 7) is 1.76. The van der Waals surface area contributed by atoms with E-state index in [0.717, 1.165) is 0 Å². The van der Waals surface area contributed by atoms with Gasteiger partial charge in [-0.25, -0.2) is 4.79 Å². The minimum absolute atomic E-state index is 0.108. The highest BCUT2D eigenvalue weighted by atomic mass is 16.5. The van der Waals surface area contributed by atoms with E-state index in [4.69, 9.17) is 19.7 Å². The first-order valence-corrected chi connectivity index (χ1v) is 4.75. The zero-order valence-electron chi connectivity index (χ0n) is 9.19.